The van der Waals surface area contributed by atoms with Crippen molar-refractivity contribution in [3.8, 4) is 5.75 Å². The van der Waals surface area contributed by atoms with Crippen LogP contribution in [0, 0.1) is 0 Å². The molecule has 1 saturated heterocycles. The van der Waals surface area contributed by atoms with Gasteiger partial charge in [-0.05, 0) is 24.3 Å². The van der Waals surface area contributed by atoms with E-state index in [-0.39, 0.29) is 0 Å². The fourth-order valence-corrected chi connectivity index (χ4v) is 2.35. The lowest BCUT2D eigenvalue weighted by Crippen LogP contribution is -2.49. The van der Waals surface area contributed by atoms with Gasteiger partial charge < -0.3 is 19.3 Å². The first-order valence-electron chi connectivity index (χ1n) is 7.20. The molecule has 1 aliphatic heterocycles. The Bertz CT molecular complexity index is 512. The van der Waals surface area contributed by atoms with Crippen molar-refractivity contribution < 1.29 is 27.4 Å². The van der Waals surface area contributed by atoms with Crippen molar-refractivity contribution in [2.45, 2.75) is 6.18 Å². The monoisotopic (exact) mass is 332 g/mol. The van der Waals surface area contributed by atoms with Crippen LogP contribution in [0.2, 0.25) is 0 Å². The molecule has 0 bridgehead atoms. The number of hydrogen-bond acceptors (Lipinski definition) is 4. The first-order chi connectivity index (χ1) is 10.9. The highest BCUT2D eigenvalue weighted by molar-refractivity contribution is 5.77. The predicted molar refractivity (Wildman–Crippen MR) is 78.7 cm³/mol. The summed E-state index contributed by atoms with van der Waals surface area (Å²) in [6.45, 7) is 0.224. The average Bonchev–Trinajstić information content (AvgIpc) is 2.54. The van der Waals surface area contributed by atoms with E-state index in [1.54, 1.807) is 7.11 Å². The van der Waals surface area contributed by atoms with Crippen LogP contribution in [-0.4, -0.2) is 63.5 Å². The van der Waals surface area contributed by atoms with Crippen LogP contribution in [0.4, 0.5) is 18.9 Å². The molecule has 23 heavy (non-hydrogen) atoms. The molecule has 1 aliphatic rings. The Hall–Kier alpha value is -1.96. The van der Waals surface area contributed by atoms with Gasteiger partial charge in [-0.15, -0.1) is 0 Å². The zero-order valence-corrected chi connectivity index (χ0v) is 12.8. The van der Waals surface area contributed by atoms with E-state index < -0.39 is 25.3 Å². The van der Waals surface area contributed by atoms with Crippen molar-refractivity contribution >= 4 is 11.6 Å². The van der Waals surface area contributed by atoms with Gasteiger partial charge in [0, 0.05) is 31.9 Å². The second-order valence-electron chi connectivity index (χ2n) is 5.17. The van der Waals surface area contributed by atoms with Crippen molar-refractivity contribution in [3.05, 3.63) is 24.3 Å². The van der Waals surface area contributed by atoms with E-state index >= 15 is 0 Å². The Morgan fingerprint density at radius 3 is 2.26 bits per heavy atom. The van der Waals surface area contributed by atoms with Crippen LogP contribution >= 0.6 is 0 Å². The van der Waals surface area contributed by atoms with Crippen LogP contribution in [0.3, 0.4) is 0 Å². The minimum Gasteiger partial charge on any atom is -0.497 e. The molecule has 8 heteroatoms. The van der Waals surface area contributed by atoms with E-state index in [1.165, 1.54) is 4.90 Å². The van der Waals surface area contributed by atoms with Gasteiger partial charge in [-0.2, -0.15) is 13.2 Å². The summed E-state index contributed by atoms with van der Waals surface area (Å²) in [6, 6.07) is 7.58. The summed E-state index contributed by atoms with van der Waals surface area (Å²) in [5, 5.41) is 0. The third-order valence-electron chi connectivity index (χ3n) is 3.56. The minimum absolute atomic E-state index is 0.413. The second-order valence-corrected chi connectivity index (χ2v) is 5.17. The predicted octanol–water partition coefficient (Wildman–Crippen LogP) is 1.92. The molecule has 0 radical (unpaired) electrons. The quantitative estimate of drug-likeness (QED) is 0.826. The first-order valence-corrected chi connectivity index (χ1v) is 7.20. The summed E-state index contributed by atoms with van der Waals surface area (Å²) in [4.78, 5) is 15.4. The van der Waals surface area contributed by atoms with Gasteiger partial charge in [0.15, 0.2) is 0 Å². The number of rotatable bonds is 5. The smallest absolute Gasteiger partial charge is 0.411 e. The molecule has 0 unspecified atom stereocenters. The number of carbonyl (C=O) groups excluding carboxylic acids is 1. The highest BCUT2D eigenvalue weighted by Gasteiger charge is 2.28. The zero-order valence-electron chi connectivity index (χ0n) is 12.8. The molecule has 5 nitrogen and oxygen atoms in total. The molecule has 128 valence electrons. The van der Waals surface area contributed by atoms with Crippen LogP contribution in [0.1, 0.15) is 0 Å². The van der Waals surface area contributed by atoms with E-state index in [0.717, 1.165) is 11.4 Å². The van der Waals surface area contributed by atoms with Crippen molar-refractivity contribution in [2.24, 2.45) is 0 Å². The molecule has 1 heterocycles. The van der Waals surface area contributed by atoms with Crippen molar-refractivity contribution in [1.82, 2.24) is 4.90 Å². The number of hydrogen-bond donors (Lipinski definition) is 0. The summed E-state index contributed by atoms with van der Waals surface area (Å²) in [5.74, 6) is 0.355. The third kappa shape index (κ3) is 5.31. The van der Waals surface area contributed by atoms with Crippen LogP contribution < -0.4 is 9.64 Å². The number of nitrogens with zero attached hydrogens (tertiary/aromatic N) is 2. The molecule has 1 amide bonds. The number of halogens is 3. The maximum Gasteiger partial charge on any atom is 0.411 e. The largest absolute Gasteiger partial charge is 0.497 e. The van der Waals surface area contributed by atoms with E-state index in [4.69, 9.17) is 4.74 Å². The van der Waals surface area contributed by atoms with Crippen LogP contribution in [0.25, 0.3) is 0 Å². The number of carbonyl (C=O) groups is 1. The van der Waals surface area contributed by atoms with Gasteiger partial charge >= 0.3 is 6.18 Å². The lowest BCUT2D eigenvalue weighted by molar-refractivity contribution is -0.177. The molecule has 1 fully saturated rings. The highest BCUT2D eigenvalue weighted by Crippen LogP contribution is 2.20. The Balaban J connectivity index is 1.77. The Morgan fingerprint density at radius 2 is 1.74 bits per heavy atom. The number of ether oxygens (including phenoxy) is 2. The lowest BCUT2D eigenvalue weighted by atomic mass is 10.2. The number of benzene rings is 1. The van der Waals surface area contributed by atoms with Gasteiger partial charge in [0.25, 0.3) is 0 Å². The Morgan fingerprint density at radius 1 is 1.13 bits per heavy atom. The van der Waals surface area contributed by atoms with Crippen LogP contribution in [-0.2, 0) is 9.53 Å². The van der Waals surface area contributed by atoms with Gasteiger partial charge in [-0.3, -0.25) is 4.79 Å². The standard InChI is InChI=1S/C15H19F3N2O3/c1-22-13-4-2-12(3-5-13)19-6-8-20(9-7-19)14(21)10-23-11-15(16,17)18/h2-5H,6-11H2,1H3. The van der Waals surface area contributed by atoms with Crippen molar-refractivity contribution in [2.75, 3.05) is 51.4 Å². The third-order valence-corrected chi connectivity index (χ3v) is 3.56. The molecule has 1 aromatic rings. The molecule has 0 aromatic heterocycles. The topological polar surface area (TPSA) is 42.0 Å². The molecular formula is C15H19F3N2O3. The molecular weight excluding hydrogens is 313 g/mol. The SMILES string of the molecule is COc1ccc(N2CCN(C(=O)COCC(F)(F)F)CC2)cc1. The summed E-state index contributed by atoms with van der Waals surface area (Å²) in [7, 11) is 1.60. The molecule has 1 aromatic carbocycles. The van der Waals surface area contributed by atoms with Crippen molar-refractivity contribution in [3.63, 3.8) is 0 Å². The number of methoxy groups -OCH3 is 1. The normalized spacial score (nSPS) is 15.7. The Kier molecular flexibility index (Phi) is 5.70. The lowest BCUT2D eigenvalue weighted by Gasteiger charge is -2.36. The molecule has 0 saturated carbocycles. The van der Waals surface area contributed by atoms with Gasteiger partial charge in [-0.1, -0.05) is 0 Å². The van der Waals surface area contributed by atoms with E-state index in [2.05, 4.69) is 9.64 Å². The molecule has 0 aliphatic carbocycles. The van der Waals surface area contributed by atoms with Crippen molar-refractivity contribution in [1.29, 1.82) is 0 Å². The molecule has 2 rings (SSSR count). The zero-order chi connectivity index (χ0) is 16.9. The fourth-order valence-electron chi connectivity index (χ4n) is 2.35. The van der Waals surface area contributed by atoms with Crippen LogP contribution in [0.15, 0.2) is 24.3 Å². The maximum atomic E-state index is 12.0. The molecule has 0 spiro atoms. The maximum absolute atomic E-state index is 12.0. The summed E-state index contributed by atoms with van der Waals surface area (Å²) >= 11 is 0. The van der Waals surface area contributed by atoms with Crippen LogP contribution in [0.5, 0.6) is 5.75 Å². The number of piperazine rings is 1. The number of alkyl halides is 3. The molecule has 0 N–H and O–H groups in total. The van der Waals surface area contributed by atoms with Gasteiger partial charge in [-0.25, -0.2) is 0 Å². The van der Waals surface area contributed by atoms with E-state index in [0.29, 0.717) is 26.2 Å². The second kappa shape index (κ2) is 7.54. The van der Waals surface area contributed by atoms with E-state index in [1.807, 2.05) is 24.3 Å². The minimum atomic E-state index is -4.41. The van der Waals surface area contributed by atoms with Gasteiger partial charge in [0.1, 0.15) is 19.0 Å². The number of anilines is 1. The average molecular weight is 332 g/mol. The fraction of sp³-hybridized carbons (Fsp3) is 0.533. The van der Waals surface area contributed by atoms with E-state index in [9.17, 15) is 18.0 Å². The highest BCUT2D eigenvalue weighted by atomic mass is 19.4. The van der Waals surface area contributed by atoms with Gasteiger partial charge in [0.05, 0.1) is 7.11 Å². The molecule has 0 atom stereocenters. The van der Waals surface area contributed by atoms with Gasteiger partial charge in [0.2, 0.25) is 5.91 Å². The summed E-state index contributed by atoms with van der Waals surface area (Å²) in [6.07, 6.45) is -4.41. The first kappa shape index (κ1) is 17.4. The summed E-state index contributed by atoms with van der Waals surface area (Å²) in [5.41, 5.74) is 1.02. The number of amides is 1. The Labute approximate surface area is 132 Å². The summed E-state index contributed by atoms with van der Waals surface area (Å²) < 4.78 is 45.4.